The summed E-state index contributed by atoms with van der Waals surface area (Å²) in [4.78, 5) is 36.6. The van der Waals surface area contributed by atoms with Crippen LogP contribution in [0.5, 0.6) is 0 Å². The second-order valence-electron chi connectivity index (χ2n) is 7.52. The van der Waals surface area contributed by atoms with E-state index in [4.69, 9.17) is 4.74 Å². The Hall–Kier alpha value is -3.47. The quantitative estimate of drug-likeness (QED) is 0.503. The van der Waals surface area contributed by atoms with Crippen molar-refractivity contribution in [3.8, 4) is 0 Å². The topological polar surface area (TPSA) is 72.5 Å². The highest BCUT2D eigenvalue weighted by atomic mass is 16.5. The predicted octanol–water partition coefficient (Wildman–Crippen LogP) is 3.87. The van der Waals surface area contributed by atoms with Gasteiger partial charge in [0, 0.05) is 11.1 Å². The van der Waals surface area contributed by atoms with Gasteiger partial charge in [0.05, 0.1) is 0 Å². The molecule has 1 aliphatic carbocycles. The van der Waals surface area contributed by atoms with Crippen molar-refractivity contribution in [1.29, 1.82) is 0 Å². The molecule has 0 spiro atoms. The molecule has 0 saturated heterocycles. The lowest BCUT2D eigenvalue weighted by Crippen LogP contribution is -2.31. The third kappa shape index (κ3) is 4.57. The first-order chi connectivity index (χ1) is 14.6. The van der Waals surface area contributed by atoms with Gasteiger partial charge in [-0.1, -0.05) is 42.5 Å². The molecule has 0 heterocycles. The zero-order valence-corrected chi connectivity index (χ0v) is 16.6. The molecule has 3 aromatic carbocycles. The number of Topliss-reactive ketones (excluding diaryl/α,β-unsaturated/α-hetero) is 1. The highest BCUT2D eigenvalue weighted by molar-refractivity contribution is 6.00. The number of hydrogen-bond donors (Lipinski definition) is 1. The molecule has 0 aromatic heterocycles. The number of ketones is 1. The maximum atomic E-state index is 12.4. The van der Waals surface area contributed by atoms with E-state index in [1.54, 1.807) is 18.2 Å². The summed E-state index contributed by atoms with van der Waals surface area (Å²) < 4.78 is 5.06. The second-order valence-corrected chi connectivity index (χ2v) is 7.52. The minimum atomic E-state index is -0.643. The average Bonchev–Trinajstić information content (AvgIpc) is 2.80. The number of nitrogens with one attached hydrogen (secondary N) is 1. The Morgan fingerprint density at radius 1 is 0.800 bits per heavy atom. The molecular weight excluding hydrogens is 378 g/mol. The highest BCUT2D eigenvalue weighted by Crippen LogP contribution is 2.22. The van der Waals surface area contributed by atoms with Gasteiger partial charge in [-0.15, -0.1) is 0 Å². The van der Waals surface area contributed by atoms with E-state index in [1.807, 2.05) is 42.5 Å². The summed E-state index contributed by atoms with van der Waals surface area (Å²) in [6, 6.07) is 18.8. The van der Waals surface area contributed by atoms with Crippen LogP contribution in [0.25, 0.3) is 10.8 Å². The molecule has 4 rings (SSSR count). The molecule has 3 aromatic rings. The summed E-state index contributed by atoms with van der Waals surface area (Å²) in [6.45, 7) is -0.618. The van der Waals surface area contributed by atoms with E-state index in [0.717, 1.165) is 30.0 Å². The van der Waals surface area contributed by atoms with Crippen molar-refractivity contribution < 1.29 is 19.1 Å². The molecule has 1 aliphatic rings. The van der Waals surface area contributed by atoms with Crippen LogP contribution in [0.3, 0.4) is 0 Å². The van der Waals surface area contributed by atoms with E-state index in [9.17, 15) is 14.4 Å². The van der Waals surface area contributed by atoms with Crippen LogP contribution in [0.15, 0.2) is 60.7 Å². The number of carbonyl (C=O) groups excluding carboxylic acids is 3. The van der Waals surface area contributed by atoms with Gasteiger partial charge in [0.2, 0.25) is 0 Å². The van der Waals surface area contributed by atoms with Crippen molar-refractivity contribution in [3.63, 3.8) is 0 Å². The largest absolute Gasteiger partial charge is 0.456 e. The minimum Gasteiger partial charge on any atom is -0.456 e. The van der Waals surface area contributed by atoms with E-state index in [1.165, 1.54) is 17.5 Å². The fourth-order valence-electron chi connectivity index (χ4n) is 3.77. The Kier molecular flexibility index (Phi) is 5.89. The van der Waals surface area contributed by atoms with Crippen molar-refractivity contribution >= 4 is 28.4 Å². The lowest BCUT2D eigenvalue weighted by Gasteiger charge is -2.16. The minimum absolute atomic E-state index is 0.238. The zero-order valence-electron chi connectivity index (χ0n) is 16.6. The van der Waals surface area contributed by atoms with Gasteiger partial charge >= 0.3 is 5.97 Å². The predicted molar refractivity (Wildman–Crippen MR) is 115 cm³/mol. The van der Waals surface area contributed by atoms with Crippen LogP contribution in [0, 0.1) is 0 Å². The van der Waals surface area contributed by atoms with Gasteiger partial charge in [-0.05, 0) is 65.8 Å². The number of esters is 1. The first-order valence-electron chi connectivity index (χ1n) is 10.2. The molecule has 0 aliphatic heterocycles. The van der Waals surface area contributed by atoms with E-state index in [-0.39, 0.29) is 24.8 Å². The summed E-state index contributed by atoms with van der Waals surface area (Å²) in [5.74, 6) is -1.24. The van der Waals surface area contributed by atoms with Crippen LogP contribution in [-0.2, 0) is 22.4 Å². The fourth-order valence-corrected chi connectivity index (χ4v) is 3.77. The van der Waals surface area contributed by atoms with Gasteiger partial charge < -0.3 is 10.1 Å². The molecule has 0 saturated carbocycles. The van der Waals surface area contributed by atoms with E-state index < -0.39 is 5.97 Å². The molecule has 0 radical (unpaired) electrons. The van der Waals surface area contributed by atoms with Crippen molar-refractivity contribution in [2.24, 2.45) is 0 Å². The van der Waals surface area contributed by atoms with Gasteiger partial charge in [0.1, 0.15) is 6.54 Å². The van der Waals surface area contributed by atoms with Crippen molar-refractivity contribution in [3.05, 3.63) is 82.9 Å². The lowest BCUT2D eigenvalue weighted by molar-refractivity contribution is -0.141. The van der Waals surface area contributed by atoms with Crippen LogP contribution in [-0.4, -0.2) is 30.8 Å². The van der Waals surface area contributed by atoms with E-state index in [2.05, 4.69) is 5.32 Å². The Labute approximate surface area is 175 Å². The van der Waals surface area contributed by atoms with Crippen molar-refractivity contribution in [2.75, 3.05) is 13.2 Å². The third-order valence-corrected chi connectivity index (χ3v) is 5.44. The number of hydrogen-bond acceptors (Lipinski definition) is 4. The van der Waals surface area contributed by atoms with Crippen LogP contribution in [0.1, 0.15) is 44.7 Å². The molecule has 0 fully saturated rings. The molecule has 5 heteroatoms. The van der Waals surface area contributed by atoms with Crippen molar-refractivity contribution in [1.82, 2.24) is 5.32 Å². The smallest absolute Gasteiger partial charge is 0.325 e. The van der Waals surface area contributed by atoms with Crippen LogP contribution < -0.4 is 5.32 Å². The first kappa shape index (κ1) is 19.8. The van der Waals surface area contributed by atoms with Crippen molar-refractivity contribution in [2.45, 2.75) is 25.7 Å². The van der Waals surface area contributed by atoms with Gasteiger partial charge in [-0.3, -0.25) is 14.4 Å². The van der Waals surface area contributed by atoms with E-state index >= 15 is 0 Å². The number of ether oxygens (including phenoxy) is 1. The molecule has 30 heavy (non-hydrogen) atoms. The van der Waals surface area contributed by atoms with E-state index in [0.29, 0.717) is 11.1 Å². The Bertz CT molecular complexity index is 1120. The summed E-state index contributed by atoms with van der Waals surface area (Å²) in [6.07, 6.45) is 4.35. The van der Waals surface area contributed by atoms with Gasteiger partial charge in [-0.2, -0.15) is 0 Å². The molecule has 0 unspecified atom stereocenters. The van der Waals surface area contributed by atoms with Gasteiger partial charge in [0.25, 0.3) is 5.91 Å². The second kappa shape index (κ2) is 8.91. The first-order valence-corrected chi connectivity index (χ1v) is 10.2. The Morgan fingerprint density at radius 3 is 2.37 bits per heavy atom. The maximum Gasteiger partial charge on any atom is 0.325 e. The summed E-state index contributed by atoms with van der Waals surface area (Å²) in [5, 5.41) is 4.53. The monoisotopic (exact) mass is 401 g/mol. The number of fused-ring (bicyclic) bond motifs is 2. The molecule has 5 nitrogen and oxygen atoms in total. The maximum absolute atomic E-state index is 12.4. The van der Waals surface area contributed by atoms with Crippen LogP contribution in [0.2, 0.25) is 0 Å². The number of aryl methyl sites for hydroxylation is 2. The molecular formula is C25H23NO4. The SMILES string of the molecule is O=C(CNC(=O)c1ccc2ccccc2c1)OCC(=O)c1ccc2c(c1)CCCC2. The number of rotatable bonds is 6. The summed E-state index contributed by atoms with van der Waals surface area (Å²) in [7, 11) is 0. The highest BCUT2D eigenvalue weighted by Gasteiger charge is 2.15. The molecule has 1 amide bonds. The molecule has 1 N–H and O–H groups in total. The number of benzene rings is 3. The standard InChI is InChI=1S/C25H23NO4/c27-23(21-11-9-17-5-1-3-7-19(17)13-21)16-30-24(28)15-26-25(29)22-12-10-18-6-2-4-8-20(18)14-22/h2,4,6,8-14H,1,3,5,7,15-16H2,(H,26,29). The Balaban J connectivity index is 1.28. The third-order valence-electron chi connectivity index (χ3n) is 5.44. The number of carbonyl (C=O) groups is 3. The zero-order chi connectivity index (χ0) is 20.9. The lowest BCUT2D eigenvalue weighted by atomic mass is 9.90. The van der Waals surface area contributed by atoms with Crippen LogP contribution in [0.4, 0.5) is 0 Å². The molecule has 0 atom stereocenters. The van der Waals surface area contributed by atoms with Gasteiger partial charge in [0.15, 0.2) is 12.4 Å². The fraction of sp³-hybridized carbons (Fsp3) is 0.240. The molecule has 0 bridgehead atoms. The Morgan fingerprint density at radius 2 is 1.53 bits per heavy atom. The summed E-state index contributed by atoms with van der Waals surface area (Å²) in [5.41, 5.74) is 3.53. The average molecular weight is 401 g/mol. The van der Waals surface area contributed by atoms with Gasteiger partial charge in [-0.25, -0.2) is 0 Å². The normalized spacial score (nSPS) is 12.8. The summed E-state index contributed by atoms with van der Waals surface area (Å²) >= 11 is 0. The molecule has 152 valence electrons. The number of amides is 1. The van der Waals surface area contributed by atoms with Crippen LogP contribution >= 0.6 is 0 Å².